The molecule has 6 aliphatic rings. The molecule has 0 spiro atoms. The van der Waals surface area contributed by atoms with Gasteiger partial charge in [0.15, 0.2) is 0 Å². The molecule has 3 unspecified atom stereocenters. The third-order valence-electron chi connectivity index (χ3n) is 10.6. The van der Waals surface area contributed by atoms with Crippen molar-refractivity contribution in [2.45, 2.75) is 55.9 Å². The van der Waals surface area contributed by atoms with Gasteiger partial charge in [-0.2, -0.15) is 0 Å². The summed E-state index contributed by atoms with van der Waals surface area (Å²) in [5.74, 6) is -0.246. The van der Waals surface area contributed by atoms with E-state index in [-0.39, 0.29) is 53.4 Å². The van der Waals surface area contributed by atoms with Gasteiger partial charge >= 0.3 is 6.03 Å². The molecule has 6 aliphatic heterocycles. The van der Waals surface area contributed by atoms with Gasteiger partial charge in [-0.15, -0.1) is 0 Å². The molecule has 49 heavy (non-hydrogen) atoms. The highest BCUT2D eigenvalue weighted by atomic mass is 32.2. The number of amides is 4. The molecule has 2 aromatic rings. The second-order valence-electron chi connectivity index (χ2n) is 13.8. The topological polar surface area (TPSA) is 115 Å². The highest BCUT2D eigenvalue weighted by molar-refractivity contribution is 8.04. The Morgan fingerprint density at radius 3 is 2.59 bits per heavy atom. The van der Waals surface area contributed by atoms with Gasteiger partial charge in [-0.25, -0.2) is 4.79 Å². The van der Waals surface area contributed by atoms with Gasteiger partial charge in [-0.1, -0.05) is 54.2 Å². The van der Waals surface area contributed by atoms with Gasteiger partial charge in [0.1, 0.15) is 0 Å². The van der Waals surface area contributed by atoms with Gasteiger partial charge in [0.05, 0.1) is 41.7 Å². The Morgan fingerprint density at radius 2 is 1.82 bits per heavy atom. The predicted octanol–water partition coefficient (Wildman–Crippen LogP) is 3.22. The molecule has 4 amide bonds. The zero-order chi connectivity index (χ0) is 33.5. The fraction of sp³-hybridized carbons (Fsp3) is 0.486. The summed E-state index contributed by atoms with van der Waals surface area (Å²) in [7, 11) is 0. The number of fused-ring (bicyclic) bond motifs is 1. The number of urea groups is 1. The molecule has 2 aromatic carbocycles. The number of thioether (sulfide) groups is 1. The summed E-state index contributed by atoms with van der Waals surface area (Å²) in [5.41, 5.74) is 4.90. The third kappa shape index (κ3) is 6.52. The Bertz CT molecular complexity index is 1650. The number of piperidine rings is 2. The van der Waals surface area contributed by atoms with Crippen molar-refractivity contribution >= 4 is 35.3 Å². The van der Waals surface area contributed by atoms with Crippen molar-refractivity contribution in [3.63, 3.8) is 0 Å². The number of anilines is 1. The molecular weight excluding hydrogens is 641 g/mol. The first-order chi connectivity index (χ1) is 23.9. The zero-order valence-corrected chi connectivity index (χ0v) is 28.6. The third-order valence-corrected chi connectivity index (χ3v) is 12.0. The lowest BCUT2D eigenvalue weighted by atomic mass is 9.86. The minimum absolute atomic E-state index is 0.00579. The molecule has 0 saturated carbocycles. The summed E-state index contributed by atoms with van der Waals surface area (Å²) in [6.07, 6.45) is 6.22. The molecule has 6 heterocycles. The van der Waals surface area contributed by atoms with E-state index in [2.05, 4.69) is 52.0 Å². The molecule has 8 rings (SSSR count). The lowest BCUT2D eigenvalue weighted by molar-refractivity contribution is -0.128. The lowest BCUT2D eigenvalue weighted by Crippen LogP contribution is -2.62. The van der Waals surface area contributed by atoms with E-state index in [4.69, 9.17) is 9.47 Å². The van der Waals surface area contributed by atoms with Crippen LogP contribution in [0, 0.1) is 12.8 Å². The molecule has 6 atom stereocenters. The highest BCUT2D eigenvalue weighted by Crippen LogP contribution is 2.48. The lowest BCUT2D eigenvalue weighted by Gasteiger charge is -2.46. The van der Waals surface area contributed by atoms with Crippen LogP contribution in [0.5, 0.6) is 0 Å². The molecule has 0 radical (unpaired) electrons. The fourth-order valence-electron chi connectivity index (χ4n) is 8.28. The predicted molar refractivity (Wildman–Crippen MR) is 189 cm³/mol. The number of nitrogens with one attached hydrogen (secondary N) is 3. The molecule has 258 valence electrons. The average molecular weight is 685 g/mol. The normalized spacial score (nSPS) is 29.9. The van der Waals surface area contributed by atoms with Crippen molar-refractivity contribution in [3.8, 4) is 11.1 Å². The Labute approximate surface area is 291 Å². The van der Waals surface area contributed by atoms with Crippen LogP contribution in [-0.4, -0.2) is 110 Å². The van der Waals surface area contributed by atoms with Crippen molar-refractivity contribution in [1.82, 2.24) is 25.8 Å². The van der Waals surface area contributed by atoms with E-state index in [0.717, 1.165) is 61.3 Å². The van der Waals surface area contributed by atoms with Crippen LogP contribution in [0.15, 0.2) is 71.3 Å². The van der Waals surface area contributed by atoms with E-state index in [1.165, 1.54) is 11.8 Å². The summed E-state index contributed by atoms with van der Waals surface area (Å²) >= 11 is 1.51. The van der Waals surface area contributed by atoms with Gasteiger partial charge in [0, 0.05) is 62.1 Å². The molecule has 0 aliphatic carbocycles. The second-order valence-corrected chi connectivity index (χ2v) is 15.0. The Hall–Kier alpha value is -3.68. The molecule has 12 heteroatoms. The molecular formula is C37H44N6O5S. The summed E-state index contributed by atoms with van der Waals surface area (Å²) in [6, 6.07) is 16.1. The van der Waals surface area contributed by atoms with Gasteiger partial charge in [0.25, 0.3) is 5.91 Å². The molecule has 0 bridgehead atoms. The maximum Gasteiger partial charge on any atom is 0.326 e. The number of hydrogen-bond acceptors (Lipinski definition) is 8. The number of nitrogens with zero attached hydrogens (tertiary/aromatic N) is 3. The van der Waals surface area contributed by atoms with Crippen molar-refractivity contribution in [3.05, 3.63) is 76.8 Å². The van der Waals surface area contributed by atoms with Crippen LogP contribution in [-0.2, 0) is 19.1 Å². The molecule has 0 aromatic heterocycles. The first-order valence-electron chi connectivity index (χ1n) is 17.6. The van der Waals surface area contributed by atoms with E-state index < -0.39 is 0 Å². The van der Waals surface area contributed by atoms with Crippen molar-refractivity contribution in [2.75, 3.05) is 57.4 Å². The maximum atomic E-state index is 13.8. The summed E-state index contributed by atoms with van der Waals surface area (Å²) < 4.78 is 11.6. The van der Waals surface area contributed by atoms with Crippen molar-refractivity contribution in [1.29, 1.82) is 0 Å². The maximum absolute atomic E-state index is 13.8. The van der Waals surface area contributed by atoms with Crippen molar-refractivity contribution in [2.24, 2.45) is 5.92 Å². The monoisotopic (exact) mass is 684 g/mol. The SMILES string of the molecule is Cc1cc(-c2ccccc2)ccc1N1C(=O)NC2=C(C(=O)N[C@@H]3CCCN(C(=O)/C=C/CN4C[C@@H]5OCCO[C@@H]5C4)C3)SC3NCCC1C23. The number of rotatable bonds is 7. The van der Waals surface area contributed by atoms with E-state index in [9.17, 15) is 14.4 Å². The largest absolute Gasteiger partial charge is 0.372 e. The van der Waals surface area contributed by atoms with E-state index >= 15 is 0 Å². The first kappa shape index (κ1) is 32.5. The smallest absolute Gasteiger partial charge is 0.326 e. The van der Waals surface area contributed by atoms with Gasteiger partial charge in [-0.05, 0) is 61.6 Å². The van der Waals surface area contributed by atoms with E-state index in [1.54, 1.807) is 6.08 Å². The summed E-state index contributed by atoms with van der Waals surface area (Å²) in [6.45, 7) is 7.53. The number of ether oxygens (including phenoxy) is 2. The Morgan fingerprint density at radius 1 is 1.02 bits per heavy atom. The van der Waals surface area contributed by atoms with Crippen LogP contribution in [0.3, 0.4) is 0 Å². The Balaban J connectivity index is 0.914. The average Bonchev–Trinajstić information content (AvgIpc) is 3.71. The fourth-order valence-corrected chi connectivity index (χ4v) is 9.68. The van der Waals surface area contributed by atoms with Crippen LogP contribution in [0.2, 0.25) is 0 Å². The van der Waals surface area contributed by atoms with Crippen LogP contribution < -0.4 is 20.9 Å². The van der Waals surface area contributed by atoms with Crippen LogP contribution >= 0.6 is 11.8 Å². The van der Waals surface area contributed by atoms with Gasteiger partial charge in [-0.3, -0.25) is 19.4 Å². The molecule has 5 saturated heterocycles. The molecule has 11 nitrogen and oxygen atoms in total. The minimum Gasteiger partial charge on any atom is -0.372 e. The van der Waals surface area contributed by atoms with Crippen LogP contribution in [0.1, 0.15) is 24.8 Å². The quantitative estimate of drug-likeness (QED) is 0.381. The molecule has 3 N–H and O–H groups in total. The number of likely N-dealkylation sites (tertiary alicyclic amines) is 2. The highest BCUT2D eigenvalue weighted by Gasteiger charge is 2.52. The second kappa shape index (κ2) is 13.9. The summed E-state index contributed by atoms with van der Waals surface area (Å²) in [5, 5.41) is 9.94. The van der Waals surface area contributed by atoms with Gasteiger partial charge in [0.2, 0.25) is 5.91 Å². The van der Waals surface area contributed by atoms with E-state index in [1.807, 2.05) is 40.1 Å². The summed E-state index contributed by atoms with van der Waals surface area (Å²) in [4.78, 5) is 47.3. The molecule has 5 fully saturated rings. The van der Waals surface area contributed by atoms with Crippen molar-refractivity contribution < 1.29 is 23.9 Å². The Kier molecular flexibility index (Phi) is 9.23. The van der Waals surface area contributed by atoms with Crippen LogP contribution in [0.25, 0.3) is 11.1 Å². The minimum atomic E-state index is -0.200. The first-order valence-corrected chi connectivity index (χ1v) is 18.4. The zero-order valence-electron chi connectivity index (χ0n) is 27.8. The van der Waals surface area contributed by atoms with Gasteiger partial charge < -0.3 is 30.3 Å². The number of aryl methyl sites for hydroxylation is 1. The number of carbonyl (C=O) groups is 3. The number of carbonyl (C=O) groups excluding carboxylic acids is 3. The standard InChI is InChI=1S/C37H44N6O5S/c1-23-19-25(24-7-3-2-4-8-24)11-12-27(23)43-28-13-14-38-36-32(28)33(40-37(43)46)34(49-36)35(45)39-26-9-5-16-42(20-26)31(44)10-6-15-41-21-29-30(22-41)48-18-17-47-29/h2-4,6-8,10-12,19,26,28-30,32,36,38H,5,9,13-18,20-22H2,1H3,(H,39,45)(H,40,46)/b10-6+/t26-,28?,29-,30+,32?,36?/m1/s1. The number of benzene rings is 2. The van der Waals surface area contributed by atoms with Crippen LogP contribution in [0.4, 0.5) is 10.5 Å². The number of hydrogen-bond donors (Lipinski definition) is 3. The van der Waals surface area contributed by atoms with E-state index in [0.29, 0.717) is 43.5 Å².